The third-order valence-corrected chi connectivity index (χ3v) is 5.71. The topological polar surface area (TPSA) is 75.3 Å². The van der Waals surface area contributed by atoms with Gasteiger partial charge >= 0.3 is 0 Å². The first-order chi connectivity index (χ1) is 11.6. The minimum atomic E-state index is -3.73. The molecule has 0 aliphatic heterocycles. The van der Waals surface area contributed by atoms with E-state index in [4.69, 9.17) is 23.2 Å². The van der Waals surface area contributed by atoms with E-state index in [0.29, 0.717) is 10.7 Å². The number of aryl methyl sites for hydroxylation is 1. The predicted octanol–water partition coefficient (Wildman–Crippen LogP) is 4.24. The van der Waals surface area contributed by atoms with Crippen molar-refractivity contribution < 1.29 is 13.2 Å². The van der Waals surface area contributed by atoms with Gasteiger partial charge in [0.15, 0.2) is 0 Å². The fraction of sp³-hybridized carbons (Fsp3) is 0.235. The minimum absolute atomic E-state index is 0.0299. The summed E-state index contributed by atoms with van der Waals surface area (Å²) in [5.41, 5.74) is 1.43. The van der Waals surface area contributed by atoms with Crippen LogP contribution in [0.25, 0.3) is 0 Å². The summed E-state index contributed by atoms with van der Waals surface area (Å²) in [5, 5.41) is 3.33. The Kier molecular flexibility index (Phi) is 6.11. The van der Waals surface area contributed by atoms with Crippen molar-refractivity contribution in [3.05, 3.63) is 57.6 Å². The van der Waals surface area contributed by atoms with Gasteiger partial charge in [0, 0.05) is 16.8 Å². The third-order valence-electron chi connectivity index (χ3n) is 3.31. The number of halogens is 2. The molecule has 25 heavy (non-hydrogen) atoms. The lowest BCUT2D eigenvalue weighted by atomic mass is 10.2. The molecule has 134 valence electrons. The summed E-state index contributed by atoms with van der Waals surface area (Å²) in [6, 6.07) is 8.80. The molecule has 0 saturated carbocycles. The number of benzene rings is 2. The number of rotatable bonds is 5. The highest BCUT2D eigenvalue weighted by Crippen LogP contribution is 2.24. The van der Waals surface area contributed by atoms with Crippen molar-refractivity contribution in [3.63, 3.8) is 0 Å². The van der Waals surface area contributed by atoms with Crippen LogP contribution in [0.3, 0.4) is 0 Å². The van der Waals surface area contributed by atoms with Crippen molar-refractivity contribution in [2.75, 3.05) is 5.32 Å². The van der Waals surface area contributed by atoms with E-state index in [-0.39, 0.29) is 21.5 Å². The molecule has 0 spiro atoms. The quantitative estimate of drug-likeness (QED) is 0.787. The molecule has 0 aliphatic carbocycles. The van der Waals surface area contributed by atoms with Crippen molar-refractivity contribution in [2.45, 2.75) is 31.7 Å². The van der Waals surface area contributed by atoms with Crippen LogP contribution in [0, 0.1) is 6.92 Å². The van der Waals surface area contributed by atoms with E-state index < -0.39 is 15.9 Å². The van der Waals surface area contributed by atoms with Gasteiger partial charge in [0.25, 0.3) is 5.91 Å². The Bertz CT molecular complexity index is 912. The van der Waals surface area contributed by atoms with Crippen LogP contribution in [0.15, 0.2) is 41.3 Å². The van der Waals surface area contributed by atoms with Gasteiger partial charge in [0.1, 0.15) is 0 Å². The molecule has 0 aliphatic rings. The summed E-state index contributed by atoms with van der Waals surface area (Å²) in [6.07, 6.45) is 0. The molecule has 0 atom stereocenters. The van der Waals surface area contributed by atoms with E-state index in [1.54, 1.807) is 32.0 Å². The largest absolute Gasteiger partial charge is 0.322 e. The number of amides is 1. The molecule has 0 aromatic heterocycles. The van der Waals surface area contributed by atoms with E-state index in [9.17, 15) is 13.2 Å². The van der Waals surface area contributed by atoms with Gasteiger partial charge < -0.3 is 5.32 Å². The Morgan fingerprint density at radius 3 is 2.32 bits per heavy atom. The van der Waals surface area contributed by atoms with Crippen molar-refractivity contribution in [1.29, 1.82) is 0 Å². The first-order valence-corrected chi connectivity index (χ1v) is 9.73. The Hall–Kier alpha value is -1.60. The summed E-state index contributed by atoms with van der Waals surface area (Å²) in [7, 11) is -3.73. The minimum Gasteiger partial charge on any atom is -0.322 e. The number of carbonyl (C=O) groups excluding carboxylic acids is 1. The van der Waals surface area contributed by atoms with Crippen LogP contribution in [0.5, 0.6) is 0 Å². The van der Waals surface area contributed by atoms with Crippen LogP contribution < -0.4 is 10.0 Å². The second-order valence-electron chi connectivity index (χ2n) is 5.84. The van der Waals surface area contributed by atoms with Crippen LogP contribution in [0.2, 0.25) is 10.0 Å². The molecule has 8 heteroatoms. The molecule has 5 nitrogen and oxygen atoms in total. The van der Waals surface area contributed by atoms with Gasteiger partial charge in [-0.1, -0.05) is 29.3 Å². The molecule has 2 N–H and O–H groups in total. The monoisotopic (exact) mass is 400 g/mol. The zero-order chi connectivity index (χ0) is 18.8. The third kappa shape index (κ3) is 4.95. The van der Waals surface area contributed by atoms with Crippen LogP contribution >= 0.6 is 23.2 Å². The molecule has 2 aromatic carbocycles. The second kappa shape index (κ2) is 7.74. The van der Waals surface area contributed by atoms with E-state index in [0.717, 1.165) is 5.56 Å². The Balaban J connectivity index is 2.33. The van der Waals surface area contributed by atoms with Crippen LogP contribution in [0.4, 0.5) is 5.69 Å². The molecular weight excluding hydrogens is 383 g/mol. The number of nitrogens with one attached hydrogen (secondary N) is 2. The number of hydrogen-bond donors (Lipinski definition) is 2. The fourth-order valence-electron chi connectivity index (χ4n) is 2.09. The number of sulfonamides is 1. The summed E-state index contributed by atoms with van der Waals surface area (Å²) >= 11 is 12.1. The Morgan fingerprint density at radius 1 is 1.04 bits per heavy atom. The molecule has 0 saturated heterocycles. The maximum Gasteiger partial charge on any atom is 0.257 e. The summed E-state index contributed by atoms with van der Waals surface area (Å²) in [4.78, 5) is 12.4. The first kappa shape index (κ1) is 19.7. The average Bonchev–Trinajstić information content (AvgIpc) is 2.49. The van der Waals surface area contributed by atoms with Gasteiger partial charge in [0.05, 0.1) is 15.5 Å². The molecule has 0 bridgehead atoms. The second-order valence-corrected chi connectivity index (χ2v) is 8.36. The molecule has 2 aromatic rings. The smallest absolute Gasteiger partial charge is 0.257 e. The molecule has 0 heterocycles. The maximum absolute atomic E-state index is 12.5. The van der Waals surface area contributed by atoms with E-state index >= 15 is 0 Å². The van der Waals surface area contributed by atoms with Gasteiger partial charge in [0.2, 0.25) is 10.0 Å². The van der Waals surface area contributed by atoms with Gasteiger partial charge in [-0.3, -0.25) is 4.79 Å². The predicted molar refractivity (Wildman–Crippen MR) is 101 cm³/mol. The van der Waals surface area contributed by atoms with Gasteiger partial charge in [-0.2, -0.15) is 0 Å². The molecular formula is C17H18Cl2N2O3S. The lowest BCUT2D eigenvalue weighted by Crippen LogP contribution is -2.30. The zero-order valence-corrected chi connectivity index (χ0v) is 16.3. The molecule has 0 unspecified atom stereocenters. The number of carbonyl (C=O) groups is 1. The van der Waals surface area contributed by atoms with Crippen molar-refractivity contribution in [1.82, 2.24) is 4.72 Å². The normalized spacial score (nSPS) is 11.6. The van der Waals surface area contributed by atoms with Crippen molar-refractivity contribution in [3.8, 4) is 0 Å². The number of anilines is 1. The van der Waals surface area contributed by atoms with E-state index in [1.807, 2.05) is 6.92 Å². The van der Waals surface area contributed by atoms with Crippen LogP contribution in [0.1, 0.15) is 29.8 Å². The van der Waals surface area contributed by atoms with E-state index in [1.165, 1.54) is 18.2 Å². The van der Waals surface area contributed by atoms with E-state index in [2.05, 4.69) is 10.0 Å². The lowest BCUT2D eigenvalue weighted by Gasteiger charge is -2.12. The Morgan fingerprint density at radius 2 is 1.72 bits per heavy atom. The van der Waals surface area contributed by atoms with Crippen LogP contribution in [-0.2, 0) is 10.0 Å². The highest BCUT2D eigenvalue weighted by Gasteiger charge is 2.19. The van der Waals surface area contributed by atoms with Crippen molar-refractivity contribution >= 4 is 44.8 Å². The zero-order valence-electron chi connectivity index (χ0n) is 13.9. The standard InChI is InChI=1S/C17H18Cl2N2O3S/c1-10(2)21-25(23,24)13-6-7-15(18)14(9-13)17(22)20-12-5-4-11(3)16(19)8-12/h4-10,21H,1-3H3,(H,20,22). The van der Waals surface area contributed by atoms with Gasteiger partial charge in [-0.15, -0.1) is 0 Å². The average molecular weight is 401 g/mol. The molecule has 1 amide bonds. The van der Waals surface area contributed by atoms with Gasteiger partial charge in [-0.05, 0) is 56.7 Å². The highest BCUT2D eigenvalue weighted by molar-refractivity contribution is 7.89. The lowest BCUT2D eigenvalue weighted by molar-refractivity contribution is 0.102. The van der Waals surface area contributed by atoms with Gasteiger partial charge in [-0.25, -0.2) is 13.1 Å². The highest BCUT2D eigenvalue weighted by atomic mass is 35.5. The molecule has 0 radical (unpaired) electrons. The van der Waals surface area contributed by atoms with Crippen LogP contribution in [-0.4, -0.2) is 20.4 Å². The SMILES string of the molecule is Cc1ccc(NC(=O)c2cc(S(=O)(=O)NC(C)C)ccc2Cl)cc1Cl. The first-order valence-electron chi connectivity index (χ1n) is 7.49. The molecule has 0 fully saturated rings. The Labute approximate surface area is 157 Å². The maximum atomic E-state index is 12.5. The molecule has 2 rings (SSSR count). The fourth-order valence-corrected chi connectivity index (χ4v) is 3.75. The van der Waals surface area contributed by atoms with Crippen molar-refractivity contribution in [2.24, 2.45) is 0 Å². The summed E-state index contributed by atoms with van der Waals surface area (Å²) in [5.74, 6) is -0.522. The summed E-state index contributed by atoms with van der Waals surface area (Å²) in [6.45, 7) is 5.27. The number of hydrogen-bond acceptors (Lipinski definition) is 3. The summed E-state index contributed by atoms with van der Waals surface area (Å²) < 4.78 is 27.0.